The van der Waals surface area contributed by atoms with Gasteiger partial charge in [-0.15, -0.1) is 0 Å². The van der Waals surface area contributed by atoms with Crippen LogP contribution in [0.4, 0.5) is 0 Å². The number of hydrogen-bond acceptors (Lipinski definition) is 4. The van der Waals surface area contributed by atoms with Crippen molar-refractivity contribution >= 4 is 12.0 Å². The van der Waals surface area contributed by atoms with E-state index >= 15 is 0 Å². The van der Waals surface area contributed by atoms with Crippen LogP contribution in [0.2, 0.25) is 0 Å². The molecular formula is C22H21N3O2. The molecule has 2 aromatic carbocycles. The first-order valence-corrected chi connectivity index (χ1v) is 8.69. The van der Waals surface area contributed by atoms with Gasteiger partial charge >= 0.3 is 0 Å². The second kappa shape index (κ2) is 8.76. The second-order valence-electron chi connectivity index (χ2n) is 6.20. The van der Waals surface area contributed by atoms with Gasteiger partial charge in [0, 0.05) is 18.5 Å². The van der Waals surface area contributed by atoms with Gasteiger partial charge < -0.3 is 10.1 Å². The molecule has 0 saturated heterocycles. The van der Waals surface area contributed by atoms with Crippen LogP contribution in [-0.4, -0.2) is 15.9 Å². The smallest absolute Gasteiger partial charge is 0.244 e. The van der Waals surface area contributed by atoms with Gasteiger partial charge in [-0.25, -0.2) is 4.98 Å². The largest absolute Gasteiger partial charge is 0.437 e. The predicted octanol–water partition coefficient (Wildman–Crippen LogP) is 4.47. The van der Waals surface area contributed by atoms with Crippen LogP contribution in [0.1, 0.15) is 29.7 Å². The third-order valence-electron chi connectivity index (χ3n) is 3.95. The number of carbonyl (C=O) groups is 1. The SMILES string of the molecule is Cc1cccc(C=CC(=O)NC(C)c2cccc(Oc3cnccn3)c2)c1. The lowest BCUT2D eigenvalue weighted by molar-refractivity contribution is -0.117. The topological polar surface area (TPSA) is 64.1 Å². The fourth-order valence-corrected chi connectivity index (χ4v) is 2.60. The van der Waals surface area contributed by atoms with Crippen molar-refractivity contribution < 1.29 is 9.53 Å². The lowest BCUT2D eigenvalue weighted by Crippen LogP contribution is -2.24. The Hall–Kier alpha value is -3.47. The van der Waals surface area contributed by atoms with Gasteiger partial charge in [0.05, 0.1) is 12.2 Å². The molecule has 0 radical (unpaired) electrons. The van der Waals surface area contributed by atoms with Gasteiger partial charge in [-0.2, -0.15) is 0 Å². The van der Waals surface area contributed by atoms with Crippen molar-refractivity contribution in [2.45, 2.75) is 19.9 Å². The Kier molecular flexibility index (Phi) is 5.94. The van der Waals surface area contributed by atoms with Crippen LogP contribution >= 0.6 is 0 Å². The molecule has 3 aromatic rings. The van der Waals surface area contributed by atoms with Gasteiger partial charge in [0.2, 0.25) is 11.8 Å². The maximum atomic E-state index is 12.2. The summed E-state index contributed by atoms with van der Waals surface area (Å²) in [7, 11) is 0. The molecule has 5 nitrogen and oxygen atoms in total. The van der Waals surface area contributed by atoms with Crippen LogP contribution in [-0.2, 0) is 4.79 Å². The molecule has 0 fully saturated rings. The van der Waals surface area contributed by atoms with Crippen molar-refractivity contribution in [3.05, 3.63) is 89.9 Å². The number of amides is 1. The molecule has 3 rings (SSSR count). The van der Waals surface area contributed by atoms with E-state index in [2.05, 4.69) is 15.3 Å². The molecule has 1 aromatic heterocycles. The summed E-state index contributed by atoms with van der Waals surface area (Å²) in [6, 6.07) is 15.4. The summed E-state index contributed by atoms with van der Waals surface area (Å²) < 4.78 is 5.69. The summed E-state index contributed by atoms with van der Waals surface area (Å²) in [4.78, 5) is 20.3. The summed E-state index contributed by atoms with van der Waals surface area (Å²) in [6.07, 6.45) is 8.07. The van der Waals surface area contributed by atoms with E-state index in [0.29, 0.717) is 11.6 Å². The zero-order valence-corrected chi connectivity index (χ0v) is 15.3. The third-order valence-corrected chi connectivity index (χ3v) is 3.95. The number of aromatic nitrogens is 2. The minimum atomic E-state index is -0.162. The zero-order chi connectivity index (χ0) is 19.1. The van der Waals surface area contributed by atoms with Gasteiger partial charge in [0.15, 0.2) is 0 Å². The van der Waals surface area contributed by atoms with Crippen LogP contribution in [0.5, 0.6) is 11.6 Å². The molecule has 0 aliphatic rings. The maximum absolute atomic E-state index is 12.2. The van der Waals surface area contributed by atoms with E-state index in [1.807, 2.05) is 68.5 Å². The molecule has 27 heavy (non-hydrogen) atoms. The van der Waals surface area contributed by atoms with Gasteiger partial charge in [-0.1, -0.05) is 42.0 Å². The van der Waals surface area contributed by atoms with E-state index in [9.17, 15) is 4.79 Å². The van der Waals surface area contributed by atoms with Gasteiger partial charge in [-0.05, 0) is 43.2 Å². The Balaban J connectivity index is 1.62. The minimum absolute atomic E-state index is 0.149. The normalized spacial score (nSPS) is 11.9. The molecule has 5 heteroatoms. The monoisotopic (exact) mass is 359 g/mol. The van der Waals surface area contributed by atoms with Crippen molar-refractivity contribution in [2.24, 2.45) is 0 Å². The van der Waals surface area contributed by atoms with Crippen LogP contribution in [0, 0.1) is 6.92 Å². The van der Waals surface area contributed by atoms with E-state index in [1.54, 1.807) is 24.7 Å². The standard InChI is InChI=1S/C22H21N3O2/c1-16-5-3-6-18(13-16)9-10-21(26)25-17(2)19-7-4-8-20(14-19)27-22-15-23-11-12-24-22/h3-15,17H,1-2H3,(H,25,26). The predicted molar refractivity (Wildman–Crippen MR) is 105 cm³/mol. The van der Waals surface area contributed by atoms with Crippen LogP contribution in [0.25, 0.3) is 6.08 Å². The summed E-state index contributed by atoms with van der Waals surface area (Å²) >= 11 is 0. The molecule has 0 aliphatic heterocycles. The molecule has 0 bridgehead atoms. The number of nitrogens with one attached hydrogen (secondary N) is 1. The van der Waals surface area contributed by atoms with Crippen molar-refractivity contribution in [1.82, 2.24) is 15.3 Å². The molecule has 1 amide bonds. The molecule has 1 unspecified atom stereocenters. The summed E-state index contributed by atoms with van der Waals surface area (Å²) in [5.74, 6) is 0.918. The lowest BCUT2D eigenvalue weighted by atomic mass is 10.1. The fourth-order valence-electron chi connectivity index (χ4n) is 2.60. The highest BCUT2D eigenvalue weighted by molar-refractivity contribution is 5.92. The first kappa shape index (κ1) is 18.3. The Morgan fingerprint density at radius 1 is 1.15 bits per heavy atom. The van der Waals surface area contributed by atoms with E-state index in [1.165, 1.54) is 0 Å². The first-order valence-electron chi connectivity index (χ1n) is 8.69. The average molecular weight is 359 g/mol. The van der Waals surface area contributed by atoms with Crippen molar-refractivity contribution in [1.29, 1.82) is 0 Å². The summed E-state index contributed by atoms with van der Waals surface area (Å²) in [5.41, 5.74) is 3.09. The quantitative estimate of drug-likeness (QED) is 0.660. The average Bonchev–Trinajstić information content (AvgIpc) is 2.67. The highest BCUT2D eigenvalue weighted by Gasteiger charge is 2.09. The lowest BCUT2D eigenvalue weighted by Gasteiger charge is -2.14. The highest BCUT2D eigenvalue weighted by atomic mass is 16.5. The molecular weight excluding hydrogens is 338 g/mol. The third kappa shape index (κ3) is 5.51. The summed E-state index contributed by atoms with van der Waals surface area (Å²) in [6.45, 7) is 3.95. The van der Waals surface area contributed by atoms with Crippen molar-refractivity contribution in [3.8, 4) is 11.6 Å². The van der Waals surface area contributed by atoms with E-state index in [0.717, 1.165) is 16.7 Å². The number of rotatable bonds is 6. The second-order valence-corrected chi connectivity index (χ2v) is 6.20. The molecule has 0 saturated carbocycles. The van der Waals surface area contributed by atoms with Gasteiger partial charge in [-0.3, -0.25) is 9.78 Å². The highest BCUT2D eigenvalue weighted by Crippen LogP contribution is 2.22. The number of hydrogen-bond donors (Lipinski definition) is 1. The molecule has 0 spiro atoms. The fraction of sp³-hybridized carbons (Fsp3) is 0.136. The van der Waals surface area contributed by atoms with E-state index in [4.69, 9.17) is 4.74 Å². The van der Waals surface area contributed by atoms with Crippen molar-refractivity contribution in [2.75, 3.05) is 0 Å². The Labute approximate surface area is 158 Å². The van der Waals surface area contributed by atoms with Crippen molar-refractivity contribution in [3.63, 3.8) is 0 Å². The first-order chi connectivity index (χ1) is 13.1. The van der Waals surface area contributed by atoms with Crippen LogP contribution in [0.15, 0.2) is 73.2 Å². The van der Waals surface area contributed by atoms with Crippen LogP contribution in [0.3, 0.4) is 0 Å². The van der Waals surface area contributed by atoms with Crippen LogP contribution < -0.4 is 10.1 Å². The van der Waals surface area contributed by atoms with Gasteiger partial charge in [0.25, 0.3) is 0 Å². The summed E-state index contributed by atoms with van der Waals surface area (Å²) in [5, 5.41) is 2.96. The molecule has 0 aliphatic carbocycles. The molecule has 136 valence electrons. The number of benzene rings is 2. The zero-order valence-electron chi connectivity index (χ0n) is 15.3. The van der Waals surface area contributed by atoms with Gasteiger partial charge in [0.1, 0.15) is 5.75 Å². The van der Waals surface area contributed by atoms with E-state index < -0.39 is 0 Å². The number of nitrogens with zero attached hydrogens (tertiary/aromatic N) is 2. The number of ether oxygens (including phenoxy) is 1. The maximum Gasteiger partial charge on any atom is 0.244 e. The number of aryl methyl sites for hydroxylation is 1. The molecule has 1 atom stereocenters. The van der Waals surface area contributed by atoms with E-state index in [-0.39, 0.29) is 11.9 Å². The Morgan fingerprint density at radius 2 is 2.00 bits per heavy atom. The molecule has 1 N–H and O–H groups in total. The Bertz CT molecular complexity index is 939. The molecule has 1 heterocycles. The minimum Gasteiger partial charge on any atom is -0.437 e. The Morgan fingerprint density at radius 3 is 2.78 bits per heavy atom. The number of carbonyl (C=O) groups excluding carboxylic acids is 1.